The average Bonchev–Trinajstić information content (AvgIpc) is 2.79. The third kappa shape index (κ3) is 1.46. The first-order valence-corrected chi connectivity index (χ1v) is 5.53. The molecule has 0 radical (unpaired) electrons. The molecular weight excluding hydrogens is 236 g/mol. The minimum atomic E-state index is -0.737. The Kier molecular flexibility index (Phi) is 2.13. The normalized spacial score (nSPS) is 22.3. The number of nitrogens with one attached hydrogen (secondary N) is 1. The molecule has 3 rings (SSSR count). The van der Waals surface area contributed by atoms with Crippen LogP contribution in [0.2, 0.25) is 0 Å². The number of hydrogen-bond acceptors (Lipinski definition) is 4. The number of carbonyl (C=O) groups is 3. The zero-order chi connectivity index (χ0) is 12.9. The molecule has 1 fully saturated rings. The second-order valence-electron chi connectivity index (χ2n) is 4.41. The van der Waals surface area contributed by atoms with Gasteiger partial charge in [-0.1, -0.05) is 0 Å². The van der Waals surface area contributed by atoms with Gasteiger partial charge >= 0.3 is 0 Å². The lowest BCUT2D eigenvalue weighted by Gasteiger charge is -2.20. The number of carbonyl (C=O) groups excluding carboxylic acids is 3. The minimum absolute atomic E-state index is 0.00451. The van der Waals surface area contributed by atoms with Crippen LogP contribution in [0, 0.1) is 0 Å². The van der Waals surface area contributed by atoms with Crippen molar-refractivity contribution in [2.45, 2.75) is 19.0 Å². The molecule has 1 aromatic rings. The smallest absolute Gasteiger partial charge is 0.255 e. The van der Waals surface area contributed by atoms with Crippen molar-refractivity contribution < 1.29 is 19.5 Å². The zero-order valence-electron chi connectivity index (χ0n) is 9.34. The van der Waals surface area contributed by atoms with E-state index in [4.69, 9.17) is 0 Å². The Hall–Kier alpha value is -2.37. The fourth-order valence-electron chi connectivity index (χ4n) is 2.37. The van der Waals surface area contributed by atoms with E-state index in [2.05, 4.69) is 5.32 Å². The van der Waals surface area contributed by atoms with Crippen LogP contribution < -0.4 is 5.32 Å². The Balaban J connectivity index is 1.93. The lowest BCUT2D eigenvalue weighted by molar-refractivity contribution is -0.126. The number of phenols is 1. The summed E-state index contributed by atoms with van der Waals surface area (Å²) in [6.07, 6.45) is 0.00451. The topological polar surface area (TPSA) is 86.7 Å². The summed E-state index contributed by atoms with van der Waals surface area (Å²) in [5.74, 6) is -1.00. The van der Waals surface area contributed by atoms with Crippen LogP contribution in [0.3, 0.4) is 0 Å². The zero-order valence-corrected chi connectivity index (χ0v) is 9.34. The summed E-state index contributed by atoms with van der Waals surface area (Å²) in [6.45, 7) is 0.244. The summed E-state index contributed by atoms with van der Waals surface area (Å²) in [6, 6.07) is 3.73. The highest BCUT2D eigenvalue weighted by Crippen LogP contribution is 2.29. The molecule has 2 aliphatic heterocycles. The molecule has 2 heterocycles. The van der Waals surface area contributed by atoms with E-state index in [1.54, 1.807) is 0 Å². The van der Waals surface area contributed by atoms with Crippen LogP contribution >= 0.6 is 0 Å². The summed E-state index contributed by atoms with van der Waals surface area (Å²) >= 11 is 0. The standard InChI is InChI=1S/C12H10N2O4/c15-7-1-2-8-6(3-7)5-14(12(8)18)9-4-10(16)13-11(9)17/h1-3,9,15H,4-5H2,(H,13,16,17). The summed E-state index contributed by atoms with van der Waals surface area (Å²) in [4.78, 5) is 36.2. The second kappa shape index (κ2) is 3.56. The van der Waals surface area contributed by atoms with Gasteiger partial charge < -0.3 is 10.0 Å². The van der Waals surface area contributed by atoms with Crippen molar-refractivity contribution in [3.05, 3.63) is 29.3 Å². The first-order chi connectivity index (χ1) is 8.56. The molecule has 0 spiro atoms. The number of amides is 3. The molecule has 1 saturated heterocycles. The molecule has 6 nitrogen and oxygen atoms in total. The quantitative estimate of drug-likeness (QED) is 0.670. The van der Waals surface area contributed by atoms with E-state index in [0.29, 0.717) is 11.1 Å². The summed E-state index contributed by atoms with van der Waals surface area (Å²) in [7, 11) is 0. The van der Waals surface area contributed by atoms with Crippen LogP contribution in [-0.4, -0.2) is 33.8 Å². The number of phenolic OH excluding ortho intramolecular Hbond substituents is 1. The SMILES string of the molecule is O=C1CC(N2Cc3cc(O)ccc3C2=O)C(=O)N1. The number of rotatable bonds is 1. The van der Waals surface area contributed by atoms with E-state index in [9.17, 15) is 19.5 Å². The van der Waals surface area contributed by atoms with Gasteiger partial charge in [0.25, 0.3) is 5.91 Å². The lowest BCUT2D eigenvalue weighted by atomic mass is 10.1. The molecule has 2 N–H and O–H groups in total. The van der Waals surface area contributed by atoms with E-state index in [0.717, 1.165) is 0 Å². The van der Waals surface area contributed by atoms with Crippen molar-refractivity contribution >= 4 is 17.7 Å². The maximum absolute atomic E-state index is 12.1. The molecule has 3 amide bonds. The monoisotopic (exact) mass is 246 g/mol. The molecule has 0 aliphatic carbocycles. The van der Waals surface area contributed by atoms with Gasteiger partial charge in [-0.2, -0.15) is 0 Å². The largest absolute Gasteiger partial charge is 0.508 e. The molecule has 18 heavy (non-hydrogen) atoms. The molecule has 0 saturated carbocycles. The number of imide groups is 1. The minimum Gasteiger partial charge on any atom is -0.508 e. The van der Waals surface area contributed by atoms with Crippen LogP contribution in [0.5, 0.6) is 5.75 Å². The van der Waals surface area contributed by atoms with Crippen molar-refractivity contribution in [2.75, 3.05) is 0 Å². The first kappa shape index (κ1) is 10.8. The van der Waals surface area contributed by atoms with Gasteiger partial charge in [0.15, 0.2) is 0 Å². The van der Waals surface area contributed by atoms with E-state index >= 15 is 0 Å². The van der Waals surface area contributed by atoms with Crippen LogP contribution in [0.15, 0.2) is 18.2 Å². The molecule has 2 aliphatic rings. The maximum atomic E-state index is 12.1. The molecule has 1 unspecified atom stereocenters. The van der Waals surface area contributed by atoms with Crippen LogP contribution in [0.4, 0.5) is 0 Å². The Morgan fingerprint density at radius 2 is 2.06 bits per heavy atom. The van der Waals surface area contributed by atoms with Gasteiger partial charge in [-0.25, -0.2) is 0 Å². The highest BCUT2D eigenvalue weighted by molar-refractivity contribution is 6.09. The van der Waals surface area contributed by atoms with Gasteiger partial charge in [0.1, 0.15) is 11.8 Å². The Morgan fingerprint density at radius 3 is 2.72 bits per heavy atom. The number of hydrogen-bond donors (Lipinski definition) is 2. The van der Waals surface area contributed by atoms with E-state index < -0.39 is 11.9 Å². The van der Waals surface area contributed by atoms with Crippen molar-refractivity contribution in [1.82, 2.24) is 10.2 Å². The van der Waals surface area contributed by atoms with Gasteiger partial charge in [0.2, 0.25) is 11.8 Å². The Labute approximate surface area is 102 Å². The third-order valence-corrected chi connectivity index (χ3v) is 3.24. The van der Waals surface area contributed by atoms with Crippen LogP contribution in [-0.2, 0) is 16.1 Å². The molecule has 6 heteroatoms. The van der Waals surface area contributed by atoms with Gasteiger partial charge in [-0.3, -0.25) is 19.7 Å². The van der Waals surface area contributed by atoms with Gasteiger partial charge in [0.05, 0.1) is 6.42 Å². The highest BCUT2D eigenvalue weighted by Gasteiger charge is 2.41. The van der Waals surface area contributed by atoms with Crippen molar-refractivity contribution in [1.29, 1.82) is 0 Å². The maximum Gasteiger partial charge on any atom is 0.255 e. The average molecular weight is 246 g/mol. The van der Waals surface area contributed by atoms with Gasteiger partial charge in [-0.05, 0) is 23.8 Å². The van der Waals surface area contributed by atoms with Crippen LogP contribution in [0.1, 0.15) is 22.3 Å². The number of nitrogens with zero attached hydrogens (tertiary/aromatic N) is 1. The van der Waals surface area contributed by atoms with Crippen LogP contribution in [0.25, 0.3) is 0 Å². The fraction of sp³-hybridized carbons (Fsp3) is 0.250. The molecule has 92 valence electrons. The molecule has 0 bridgehead atoms. The number of fused-ring (bicyclic) bond motifs is 1. The molecule has 1 aromatic carbocycles. The highest BCUT2D eigenvalue weighted by atomic mass is 16.3. The molecule has 0 aromatic heterocycles. The summed E-state index contributed by atoms with van der Waals surface area (Å²) < 4.78 is 0. The van der Waals surface area contributed by atoms with E-state index in [1.165, 1.54) is 23.1 Å². The number of aromatic hydroxyl groups is 1. The van der Waals surface area contributed by atoms with Gasteiger partial charge in [0, 0.05) is 12.1 Å². The predicted octanol–water partition coefficient (Wildman–Crippen LogP) is -0.237. The Morgan fingerprint density at radius 1 is 1.28 bits per heavy atom. The third-order valence-electron chi connectivity index (χ3n) is 3.24. The van der Waals surface area contributed by atoms with Crippen molar-refractivity contribution in [3.63, 3.8) is 0 Å². The second-order valence-corrected chi connectivity index (χ2v) is 4.41. The van der Waals surface area contributed by atoms with Gasteiger partial charge in [-0.15, -0.1) is 0 Å². The van der Waals surface area contributed by atoms with Crippen molar-refractivity contribution in [2.24, 2.45) is 0 Å². The lowest BCUT2D eigenvalue weighted by Crippen LogP contribution is -2.40. The summed E-state index contributed by atoms with van der Waals surface area (Å²) in [5, 5.41) is 11.5. The first-order valence-electron chi connectivity index (χ1n) is 5.53. The molecular formula is C12H10N2O4. The fourth-order valence-corrected chi connectivity index (χ4v) is 2.37. The van der Waals surface area contributed by atoms with E-state index in [-0.39, 0.29) is 30.5 Å². The van der Waals surface area contributed by atoms with E-state index in [1.807, 2.05) is 0 Å². The summed E-state index contributed by atoms with van der Waals surface area (Å²) in [5.41, 5.74) is 1.15. The van der Waals surface area contributed by atoms with Crippen molar-refractivity contribution in [3.8, 4) is 5.75 Å². The molecule has 1 atom stereocenters. The predicted molar refractivity (Wildman–Crippen MR) is 59.5 cm³/mol. The number of benzene rings is 1. The Bertz CT molecular complexity index is 581.